The lowest BCUT2D eigenvalue weighted by Crippen LogP contribution is -2.43. The number of carbonyl (C=O) groups is 3. The summed E-state index contributed by atoms with van der Waals surface area (Å²) in [5, 5.41) is 3.19. The van der Waals surface area contributed by atoms with E-state index in [4.69, 9.17) is 14.2 Å². The molecule has 4 rings (SSSR count). The van der Waals surface area contributed by atoms with Crippen LogP contribution in [-0.2, 0) is 30.5 Å². The third kappa shape index (κ3) is 4.76. The van der Waals surface area contributed by atoms with Gasteiger partial charge in [0.1, 0.15) is 24.1 Å². The Morgan fingerprint density at radius 2 is 1.83 bits per heavy atom. The number of benzene rings is 2. The van der Waals surface area contributed by atoms with E-state index in [1.54, 1.807) is 51.3 Å². The van der Waals surface area contributed by atoms with Gasteiger partial charge in [-0.2, -0.15) is 0 Å². The minimum atomic E-state index is -1.01. The zero-order valence-corrected chi connectivity index (χ0v) is 20.6. The maximum atomic E-state index is 14.3. The molecule has 1 N–H and O–H groups in total. The number of nitrogens with one attached hydrogen (secondary N) is 1. The Balaban J connectivity index is 1.72. The summed E-state index contributed by atoms with van der Waals surface area (Å²) >= 11 is 0. The highest BCUT2D eigenvalue weighted by molar-refractivity contribution is 6.12. The summed E-state index contributed by atoms with van der Waals surface area (Å²) < 4.78 is 30.0. The molecule has 0 saturated heterocycles. The van der Waals surface area contributed by atoms with Crippen molar-refractivity contribution in [3.63, 3.8) is 0 Å². The molecule has 2 aromatic carbocycles. The first-order chi connectivity index (χ1) is 17.2. The quantitative estimate of drug-likeness (QED) is 0.477. The van der Waals surface area contributed by atoms with Crippen molar-refractivity contribution in [1.82, 2.24) is 5.32 Å². The molecule has 1 heterocycles. The van der Waals surface area contributed by atoms with Gasteiger partial charge in [-0.1, -0.05) is 31.2 Å². The summed E-state index contributed by atoms with van der Waals surface area (Å²) in [5.74, 6) is -3.75. The van der Waals surface area contributed by atoms with Crippen molar-refractivity contribution in [2.45, 2.75) is 32.8 Å². The molecule has 2 aromatic rings. The monoisotopic (exact) mass is 493 g/mol. The second-order valence-electron chi connectivity index (χ2n) is 9.01. The molecule has 0 radical (unpaired) electrons. The van der Waals surface area contributed by atoms with Gasteiger partial charge in [-0.3, -0.25) is 9.59 Å². The SMILES string of the molecule is COC(=O)[C@@H]1C(=O)C2=C(C[C@H]1C)NC(C)=C(C(=O)OCc1ccc(OC)cc1)[C@@H]2c1cccc(F)c1. The largest absolute Gasteiger partial charge is 0.497 e. The van der Waals surface area contributed by atoms with Crippen molar-refractivity contribution in [3.05, 3.63) is 88.0 Å². The number of carbonyl (C=O) groups excluding carboxylic acids is 3. The van der Waals surface area contributed by atoms with Gasteiger partial charge >= 0.3 is 11.9 Å². The van der Waals surface area contributed by atoms with Crippen LogP contribution in [0.5, 0.6) is 5.75 Å². The van der Waals surface area contributed by atoms with E-state index in [9.17, 15) is 18.8 Å². The Morgan fingerprint density at radius 3 is 2.47 bits per heavy atom. The van der Waals surface area contributed by atoms with Crippen LogP contribution < -0.4 is 10.1 Å². The summed E-state index contributed by atoms with van der Waals surface area (Å²) in [6.07, 6.45) is 0.401. The Kier molecular flexibility index (Phi) is 7.24. The van der Waals surface area contributed by atoms with Crippen molar-refractivity contribution >= 4 is 17.7 Å². The molecule has 2 aliphatic rings. The highest BCUT2D eigenvalue weighted by Crippen LogP contribution is 2.45. The summed E-state index contributed by atoms with van der Waals surface area (Å²) in [6.45, 7) is 3.53. The maximum absolute atomic E-state index is 14.3. The van der Waals surface area contributed by atoms with Gasteiger partial charge in [0, 0.05) is 22.9 Å². The van der Waals surface area contributed by atoms with Gasteiger partial charge in [-0.25, -0.2) is 9.18 Å². The van der Waals surface area contributed by atoms with Crippen LogP contribution in [0.25, 0.3) is 0 Å². The first kappa shape index (κ1) is 25.2. The molecule has 0 unspecified atom stereocenters. The highest BCUT2D eigenvalue weighted by Gasteiger charge is 2.47. The van der Waals surface area contributed by atoms with Crippen molar-refractivity contribution in [1.29, 1.82) is 0 Å². The average molecular weight is 494 g/mol. The van der Waals surface area contributed by atoms with Crippen LogP contribution in [0.3, 0.4) is 0 Å². The Bertz CT molecular complexity index is 1260. The van der Waals surface area contributed by atoms with Crippen molar-refractivity contribution in [3.8, 4) is 5.75 Å². The second kappa shape index (κ2) is 10.4. The number of dihydropyridines is 1. The molecule has 7 nitrogen and oxygen atoms in total. The third-order valence-corrected chi connectivity index (χ3v) is 6.67. The van der Waals surface area contributed by atoms with Crippen LogP contribution in [0.15, 0.2) is 71.1 Å². The van der Waals surface area contributed by atoms with E-state index >= 15 is 0 Å². The first-order valence-electron chi connectivity index (χ1n) is 11.6. The topological polar surface area (TPSA) is 90.9 Å². The van der Waals surface area contributed by atoms with E-state index in [0.29, 0.717) is 29.1 Å². The van der Waals surface area contributed by atoms with Crippen LogP contribution >= 0.6 is 0 Å². The third-order valence-electron chi connectivity index (χ3n) is 6.67. The van der Waals surface area contributed by atoms with Gasteiger partial charge in [-0.15, -0.1) is 0 Å². The normalized spacial score (nSPS) is 21.5. The van der Waals surface area contributed by atoms with Crippen molar-refractivity contribution in [2.24, 2.45) is 11.8 Å². The molecule has 8 heteroatoms. The van der Waals surface area contributed by atoms with E-state index in [1.807, 2.05) is 0 Å². The van der Waals surface area contributed by atoms with Crippen LogP contribution in [0.2, 0.25) is 0 Å². The number of rotatable bonds is 6. The lowest BCUT2D eigenvalue weighted by Gasteiger charge is -2.38. The Labute approximate surface area is 208 Å². The standard InChI is InChI=1S/C28H28FNO6/c1-15-12-21-25(26(31)22(15)27(32)35-4)24(18-6-5-7-19(29)13-18)23(16(2)30-21)28(33)36-14-17-8-10-20(34-3)11-9-17/h5-11,13,15,22,24,30H,12,14H2,1-4H3/t15-,22+,24+/m1/s1. The smallest absolute Gasteiger partial charge is 0.337 e. The fraction of sp³-hybridized carbons (Fsp3) is 0.321. The molecule has 0 bridgehead atoms. The minimum absolute atomic E-state index is 0.00283. The number of allylic oxidation sites excluding steroid dienone is 3. The zero-order valence-electron chi connectivity index (χ0n) is 20.6. The number of Topliss-reactive ketones (excluding diaryl/α,β-unsaturated/α-hetero) is 1. The maximum Gasteiger partial charge on any atom is 0.337 e. The Hall–Kier alpha value is -3.94. The highest BCUT2D eigenvalue weighted by atomic mass is 19.1. The van der Waals surface area contributed by atoms with Gasteiger partial charge in [0.25, 0.3) is 0 Å². The molecular formula is C28H28FNO6. The van der Waals surface area contributed by atoms with Gasteiger partial charge in [0.2, 0.25) is 0 Å². The van der Waals surface area contributed by atoms with Crippen LogP contribution in [-0.4, -0.2) is 31.9 Å². The van der Waals surface area contributed by atoms with Gasteiger partial charge in [0.05, 0.1) is 19.8 Å². The van der Waals surface area contributed by atoms with Gasteiger partial charge in [-0.05, 0) is 54.7 Å². The number of ketones is 1. The second-order valence-corrected chi connectivity index (χ2v) is 9.01. The molecule has 0 fully saturated rings. The van der Waals surface area contributed by atoms with E-state index < -0.39 is 35.4 Å². The minimum Gasteiger partial charge on any atom is -0.497 e. The molecular weight excluding hydrogens is 465 g/mol. The zero-order chi connectivity index (χ0) is 26.0. The molecule has 0 amide bonds. The fourth-order valence-corrected chi connectivity index (χ4v) is 4.92. The molecule has 3 atom stereocenters. The van der Waals surface area contributed by atoms with E-state index in [0.717, 1.165) is 5.56 Å². The number of hydrogen-bond acceptors (Lipinski definition) is 7. The number of esters is 2. The van der Waals surface area contributed by atoms with Gasteiger partial charge in [0.15, 0.2) is 5.78 Å². The molecule has 1 aliphatic heterocycles. The van der Waals surface area contributed by atoms with Crippen molar-refractivity contribution in [2.75, 3.05) is 14.2 Å². The number of halogens is 1. The predicted octanol–water partition coefficient (Wildman–Crippen LogP) is 4.19. The Morgan fingerprint density at radius 1 is 1.11 bits per heavy atom. The summed E-state index contributed by atoms with van der Waals surface area (Å²) in [6, 6.07) is 12.9. The first-order valence-corrected chi connectivity index (χ1v) is 11.6. The van der Waals surface area contributed by atoms with Crippen molar-refractivity contribution < 1.29 is 33.0 Å². The average Bonchev–Trinajstić information content (AvgIpc) is 2.86. The van der Waals surface area contributed by atoms with Gasteiger partial charge < -0.3 is 19.5 Å². The molecule has 0 saturated carbocycles. The summed E-state index contributed by atoms with van der Waals surface area (Å²) in [7, 11) is 2.80. The summed E-state index contributed by atoms with van der Waals surface area (Å²) in [4.78, 5) is 39.6. The molecule has 1 aliphatic carbocycles. The summed E-state index contributed by atoms with van der Waals surface area (Å²) in [5.41, 5.74) is 2.76. The number of methoxy groups -OCH3 is 2. The number of ether oxygens (including phenoxy) is 3. The fourth-order valence-electron chi connectivity index (χ4n) is 4.92. The van der Waals surface area contributed by atoms with E-state index in [-0.39, 0.29) is 23.7 Å². The molecule has 0 aromatic heterocycles. The van der Waals surface area contributed by atoms with Crippen LogP contribution in [0.4, 0.5) is 4.39 Å². The molecule has 36 heavy (non-hydrogen) atoms. The lowest BCUT2D eigenvalue weighted by molar-refractivity contribution is -0.151. The molecule has 0 spiro atoms. The van der Waals surface area contributed by atoms with Crippen LogP contribution in [0, 0.1) is 17.7 Å². The van der Waals surface area contributed by atoms with E-state index in [2.05, 4.69) is 5.32 Å². The van der Waals surface area contributed by atoms with E-state index in [1.165, 1.54) is 25.3 Å². The number of hydrogen-bond donors (Lipinski definition) is 1. The predicted molar refractivity (Wildman–Crippen MR) is 129 cm³/mol. The van der Waals surface area contributed by atoms with Crippen LogP contribution in [0.1, 0.15) is 37.3 Å². The lowest BCUT2D eigenvalue weighted by atomic mass is 9.69. The molecule has 188 valence electrons.